The Bertz CT molecular complexity index is 835. The lowest BCUT2D eigenvalue weighted by molar-refractivity contribution is -0.118. The second-order valence-electron chi connectivity index (χ2n) is 4.28. The fraction of sp³-hybridized carbons (Fsp3) is 0.0769. The molecule has 0 saturated heterocycles. The van der Waals surface area contributed by atoms with Crippen molar-refractivity contribution in [3.8, 4) is 11.4 Å². The van der Waals surface area contributed by atoms with E-state index in [-0.39, 0.29) is 6.54 Å². The van der Waals surface area contributed by atoms with Crippen molar-refractivity contribution in [3.05, 3.63) is 47.0 Å². The first-order valence-electron chi connectivity index (χ1n) is 5.94. The summed E-state index contributed by atoms with van der Waals surface area (Å²) in [4.78, 5) is 33.9. The molecule has 3 rings (SSSR count). The summed E-state index contributed by atoms with van der Waals surface area (Å²) in [6.07, 6.45) is 1.52. The van der Waals surface area contributed by atoms with Crippen molar-refractivity contribution in [3.63, 3.8) is 0 Å². The van der Waals surface area contributed by atoms with Crippen molar-refractivity contribution in [1.29, 1.82) is 0 Å². The summed E-state index contributed by atoms with van der Waals surface area (Å²) >= 11 is 0. The molecule has 0 radical (unpaired) electrons. The maximum atomic E-state index is 11.8. The lowest BCUT2D eigenvalue weighted by atomic mass is 10.2. The number of carbonyl (C=O) groups excluding carboxylic acids is 1. The Kier molecular flexibility index (Phi) is 2.79. The van der Waals surface area contributed by atoms with Gasteiger partial charge in [-0.05, 0) is 0 Å². The zero-order chi connectivity index (χ0) is 14.1. The first-order valence-corrected chi connectivity index (χ1v) is 5.94. The summed E-state index contributed by atoms with van der Waals surface area (Å²) in [7, 11) is 0. The van der Waals surface area contributed by atoms with Gasteiger partial charge in [-0.15, -0.1) is 0 Å². The van der Waals surface area contributed by atoms with Gasteiger partial charge in [0.15, 0.2) is 11.5 Å². The molecular formula is C13H11N5O2. The fourth-order valence-corrected chi connectivity index (χ4v) is 1.97. The Morgan fingerprint density at radius 1 is 1.30 bits per heavy atom. The molecule has 0 fully saturated rings. The molecule has 0 aliphatic carbocycles. The Labute approximate surface area is 113 Å². The molecule has 7 heteroatoms. The van der Waals surface area contributed by atoms with E-state index in [1.54, 1.807) is 0 Å². The number of nitrogens with one attached hydrogen (secondary N) is 1. The topological polar surface area (TPSA) is 107 Å². The van der Waals surface area contributed by atoms with Gasteiger partial charge in [-0.25, -0.2) is 14.8 Å². The molecule has 0 atom stereocenters. The van der Waals surface area contributed by atoms with Crippen LogP contribution in [0.5, 0.6) is 0 Å². The zero-order valence-corrected chi connectivity index (χ0v) is 10.4. The van der Waals surface area contributed by atoms with Gasteiger partial charge in [-0.2, -0.15) is 0 Å². The van der Waals surface area contributed by atoms with Gasteiger partial charge in [-0.3, -0.25) is 9.36 Å². The predicted molar refractivity (Wildman–Crippen MR) is 72.8 cm³/mol. The minimum absolute atomic E-state index is 0.218. The molecule has 0 saturated carbocycles. The summed E-state index contributed by atoms with van der Waals surface area (Å²) in [5.74, 6) is -0.122. The summed E-state index contributed by atoms with van der Waals surface area (Å²) in [5.41, 5.74) is 6.36. The van der Waals surface area contributed by atoms with E-state index in [4.69, 9.17) is 5.73 Å². The van der Waals surface area contributed by atoms with Crippen LogP contribution in [0.15, 0.2) is 41.3 Å². The molecule has 1 aromatic carbocycles. The molecule has 2 heterocycles. The highest BCUT2D eigenvalue weighted by Gasteiger charge is 2.12. The number of nitrogens with zero attached hydrogens (tertiary/aromatic N) is 3. The van der Waals surface area contributed by atoms with Gasteiger partial charge in [0.05, 0.1) is 6.20 Å². The number of hydrogen-bond acceptors (Lipinski definition) is 4. The third-order valence-electron chi connectivity index (χ3n) is 2.86. The van der Waals surface area contributed by atoms with E-state index in [2.05, 4.69) is 15.0 Å². The highest BCUT2D eigenvalue weighted by Crippen LogP contribution is 2.16. The molecule has 2 aromatic heterocycles. The Hall–Kier alpha value is -2.96. The maximum absolute atomic E-state index is 11.8. The average Bonchev–Trinajstić information content (AvgIpc) is 2.75. The van der Waals surface area contributed by atoms with E-state index in [0.717, 1.165) is 5.56 Å². The number of nitrogens with two attached hydrogens (primary N) is 1. The molecule has 1 amide bonds. The van der Waals surface area contributed by atoms with Gasteiger partial charge in [-0.1, -0.05) is 30.3 Å². The smallest absolute Gasteiger partial charge is 0.328 e. The third kappa shape index (κ3) is 2.05. The van der Waals surface area contributed by atoms with Gasteiger partial charge in [0.25, 0.3) is 0 Å². The van der Waals surface area contributed by atoms with E-state index in [0.29, 0.717) is 17.0 Å². The van der Waals surface area contributed by atoms with Crippen LogP contribution in [-0.4, -0.2) is 25.4 Å². The molecule has 0 spiro atoms. The standard InChI is InChI=1S/C13H11N5O2/c14-10(19)7-18-12-9(16-13(18)20)6-15-11(17-12)8-4-2-1-3-5-8/h1-6H,7H2,(H2,14,19)(H,16,20). The van der Waals surface area contributed by atoms with E-state index in [1.807, 2.05) is 30.3 Å². The van der Waals surface area contributed by atoms with Crippen molar-refractivity contribution < 1.29 is 4.79 Å². The van der Waals surface area contributed by atoms with Gasteiger partial charge >= 0.3 is 5.69 Å². The van der Waals surface area contributed by atoms with Crippen LogP contribution < -0.4 is 11.4 Å². The van der Waals surface area contributed by atoms with Crippen LogP contribution in [0.25, 0.3) is 22.6 Å². The van der Waals surface area contributed by atoms with Crippen molar-refractivity contribution in [2.75, 3.05) is 0 Å². The minimum Gasteiger partial charge on any atom is -0.368 e. The van der Waals surface area contributed by atoms with Crippen molar-refractivity contribution in [2.45, 2.75) is 6.54 Å². The monoisotopic (exact) mass is 269 g/mol. The molecule has 0 aliphatic heterocycles. The molecule has 100 valence electrons. The number of aromatic amines is 1. The van der Waals surface area contributed by atoms with Gasteiger partial charge < -0.3 is 10.7 Å². The molecule has 3 aromatic rings. The molecule has 0 bridgehead atoms. The number of fused-ring (bicyclic) bond motifs is 1. The number of benzene rings is 1. The van der Waals surface area contributed by atoms with Crippen molar-refractivity contribution in [1.82, 2.24) is 19.5 Å². The van der Waals surface area contributed by atoms with Crippen LogP contribution in [0.1, 0.15) is 0 Å². The lowest BCUT2D eigenvalue weighted by Crippen LogP contribution is -2.26. The highest BCUT2D eigenvalue weighted by molar-refractivity contribution is 5.78. The van der Waals surface area contributed by atoms with Crippen LogP contribution in [0, 0.1) is 0 Å². The Balaban J connectivity index is 2.19. The number of H-pyrrole nitrogens is 1. The predicted octanol–water partition coefficient (Wildman–Crippen LogP) is 0.272. The molecule has 7 nitrogen and oxygen atoms in total. The number of rotatable bonds is 3. The quantitative estimate of drug-likeness (QED) is 0.711. The van der Waals surface area contributed by atoms with E-state index < -0.39 is 11.6 Å². The number of amides is 1. The Morgan fingerprint density at radius 3 is 2.75 bits per heavy atom. The van der Waals surface area contributed by atoms with Crippen LogP contribution >= 0.6 is 0 Å². The fourth-order valence-electron chi connectivity index (χ4n) is 1.97. The molecular weight excluding hydrogens is 258 g/mol. The van der Waals surface area contributed by atoms with E-state index in [9.17, 15) is 9.59 Å². The van der Waals surface area contributed by atoms with Crippen LogP contribution in [0.4, 0.5) is 0 Å². The third-order valence-corrected chi connectivity index (χ3v) is 2.86. The molecule has 3 N–H and O–H groups in total. The van der Waals surface area contributed by atoms with Crippen molar-refractivity contribution >= 4 is 17.1 Å². The van der Waals surface area contributed by atoms with Gasteiger partial charge in [0.1, 0.15) is 12.1 Å². The maximum Gasteiger partial charge on any atom is 0.328 e. The van der Waals surface area contributed by atoms with Gasteiger partial charge in [0.2, 0.25) is 5.91 Å². The highest BCUT2D eigenvalue weighted by atomic mass is 16.2. The second-order valence-corrected chi connectivity index (χ2v) is 4.28. The largest absolute Gasteiger partial charge is 0.368 e. The summed E-state index contributed by atoms with van der Waals surface area (Å²) in [6, 6.07) is 9.36. The number of aromatic nitrogens is 4. The molecule has 0 aliphatic rings. The molecule has 0 unspecified atom stereocenters. The van der Waals surface area contributed by atoms with E-state index >= 15 is 0 Å². The average molecular weight is 269 g/mol. The zero-order valence-electron chi connectivity index (χ0n) is 10.4. The minimum atomic E-state index is -0.604. The number of imidazole rings is 1. The normalized spacial score (nSPS) is 10.8. The summed E-state index contributed by atoms with van der Waals surface area (Å²) in [5, 5.41) is 0. The first kappa shape index (κ1) is 12.1. The molecule has 20 heavy (non-hydrogen) atoms. The number of primary amides is 1. The van der Waals surface area contributed by atoms with E-state index in [1.165, 1.54) is 10.8 Å². The lowest BCUT2D eigenvalue weighted by Gasteiger charge is -2.02. The summed E-state index contributed by atoms with van der Waals surface area (Å²) in [6.45, 7) is -0.218. The second kappa shape index (κ2) is 4.61. The van der Waals surface area contributed by atoms with Gasteiger partial charge in [0, 0.05) is 5.56 Å². The van der Waals surface area contributed by atoms with Crippen LogP contribution in [0.2, 0.25) is 0 Å². The van der Waals surface area contributed by atoms with Crippen molar-refractivity contribution in [2.24, 2.45) is 5.73 Å². The first-order chi connectivity index (χ1) is 9.65. The number of carbonyl (C=O) groups is 1. The Morgan fingerprint density at radius 2 is 2.05 bits per heavy atom. The summed E-state index contributed by atoms with van der Waals surface area (Å²) < 4.78 is 1.20. The SMILES string of the molecule is NC(=O)Cn1c(=O)[nH]c2cnc(-c3ccccc3)nc21. The van der Waals surface area contributed by atoms with Crippen LogP contribution in [0.3, 0.4) is 0 Å². The number of hydrogen-bond donors (Lipinski definition) is 2. The van der Waals surface area contributed by atoms with Crippen LogP contribution in [-0.2, 0) is 11.3 Å².